The van der Waals surface area contributed by atoms with E-state index in [1.165, 1.54) is 5.57 Å². The van der Waals surface area contributed by atoms with Gasteiger partial charge >= 0.3 is 0 Å². The molecule has 0 fully saturated rings. The minimum atomic E-state index is 0.736. The second-order valence-corrected chi connectivity index (χ2v) is 2.78. The number of allylic oxidation sites excluding steroid dienone is 2. The smallest absolute Gasteiger partial charge is 0.209 e. The summed E-state index contributed by atoms with van der Waals surface area (Å²) in [4.78, 5) is 11.9. The van der Waals surface area contributed by atoms with Crippen molar-refractivity contribution in [2.24, 2.45) is 0 Å². The van der Waals surface area contributed by atoms with E-state index in [0.29, 0.717) is 0 Å². The average molecular weight is 151 g/mol. The molecule has 0 saturated heterocycles. The van der Waals surface area contributed by atoms with Gasteiger partial charge in [0, 0.05) is 13.6 Å². The molecule has 1 aliphatic rings. The summed E-state index contributed by atoms with van der Waals surface area (Å²) in [5, 5.41) is 0. The molecular weight excluding hydrogens is 138 g/mol. The third kappa shape index (κ3) is 2.58. The Balaban J connectivity index is 2.42. The quantitative estimate of drug-likeness (QED) is 0.557. The Morgan fingerprint density at radius 3 is 3.00 bits per heavy atom. The van der Waals surface area contributed by atoms with E-state index in [9.17, 15) is 4.79 Å². The molecule has 0 N–H and O–H groups in total. The van der Waals surface area contributed by atoms with E-state index in [1.54, 1.807) is 11.9 Å². The molecule has 11 heavy (non-hydrogen) atoms. The monoisotopic (exact) mass is 151 g/mol. The predicted molar refractivity (Wildman–Crippen MR) is 45.2 cm³/mol. The molecular formula is C9H13NO. The highest BCUT2D eigenvalue weighted by molar-refractivity contribution is 5.47. The van der Waals surface area contributed by atoms with Crippen molar-refractivity contribution in [3.8, 4) is 0 Å². The average Bonchev–Trinajstić information content (AvgIpc) is 2.06. The van der Waals surface area contributed by atoms with Crippen molar-refractivity contribution in [3.63, 3.8) is 0 Å². The molecule has 1 amide bonds. The number of rotatable bonds is 3. The third-order valence-electron chi connectivity index (χ3n) is 1.68. The molecule has 0 heterocycles. The Kier molecular flexibility index (Phi) is 2.90. The van der Waals surface area contributed by atoms with Crippen molar-refractivity contribution >= 4 is 6.41 Å². The Hall–Kier alpha value is -1.05. The van der Waals surface area contributed by atoms with Crippen molar-refractivity contribution in [1.82, 2.24) is 4.90 Å². The zero-order chi connectivity index (χ0) is 8.10. The van der Waals surface area contributed by atoms with Gasteiger partial charge in [-0.2, -0.15) is 0 Å². The van der Waals surface area contributed by atoms with Gasteiger partial charge in [0.05, 0.1) is 0 Å². The number of likely N-dealkylation sites (N-methyl/N-ethyl adjacent to an activating group) is 1. The Morgan fingerprint density at radius 2 is 2.45 bits per heavy atom. The van der Waals surface area contributed by atoms with Gasteiger partial charge < -0.3 is 4.90 Å². The lowest BCUT2D eigenvalue weighted by Crippen LogP contribution is -2.18. The molecule has 0 radical (unpaired) electrons. The Bertz CT molecular complexity index is 194. The van der Waals surface area contributed by atoms with Crippen LogP contribution in [0.4, 0.5) is 0 Å². The number of hydrogen-bond acceptors (Lipinski definition) is 1. The number of amides is 1. The highest BCUT2D eigenvalue weighted by Crippen LogP contribution is 2.09. The molecule has 60 valence electrons. The fourth-order valence-electron chi connectivity index (χ4n) is 1.11. The summed E-state index contributed by atoms with van der Waals surface area (Å²) in [5.74, 6) is 0. The van der Waals surface area contributed by atoms with Gasteiger partial charge in [-0.3, -0.25) is 4.79 Å². The first kappa shape index (κ1) is 8.05. The summed E-state index contributed by atoms with van der Waals surface area (Å²) in [5.41, 5.74) is 1.24. The summed E-state index contributed by atoms with van der Waals surface area (Å²) in [6.07, 6.45) is 9.51. The van der Waals surface area contributed by atoms with E-state index in [-0.39, 0.29) is 0 Å². The Labute approximate surface area is 67.2 Å². The normalized spacial score (nSPS) is 15.9. The van der Waals surface area contributed by atoms with Gasteiger partial charge in [-0.25, -0.2) is 0 Å². The Morgan fingerprint density at radius 1 is 1.64 bits per heavy atom. The molecule has 0 saturated carbocycles. The van der Waals surface area contributed by atoms with Crippen LogP contribution in [0.3, 0.4) is 0 Å². The molecule has 1 rings (SSSR count). The largest absolute Gasteiger partial charge is 0.344 e. The van der Waals surface area contributed by atoms with Crippen LogP contribution in [0.2, 0.25) is 0 Å². The van der Waals surface area contributed by atoms with Crippen LogP contribution in [-0.2, 0) is 4.79 Å². The number of nitrogens with zero attached hydrogens (tertiary/aromatic N) is 1. The maximum atomic E-state index is 10.3. The number of hydrogen-bond donors (Lipinski definition) is 0. The van der Waals surface area contributed by atoms with Crippen LogP contribution < -0.4 is 0 Å². The zero-order valence-electron chi connectivity index (χ0n) is 6.79. The zero-order valence-corrected chi connectivity index (χ0v) is 6.79. The molecule has 0 aromatic rings. The van der Waals surface area contributed by atoms with Gasteiger partial charge in [0.2, 0.25) is 6.41 Å². The summed E-state index contributed by atoms with van der Waals surface area (Å²) >= 11 is 0. The first-order valence-corrected chi connectivity index (χ1v) is 3.84. The van der Waals surface area contributed by atoms with Crippen LogP contribution >= 0.6 is 0 Å². The molecule has 0 aromatic heterocycles. The number of carbonyl (C=O) groups excluding carboxylic acids is 1. The first-order chi connectivity index (χ1) is 5.33. The van der Waals surface area contributed by atoms with Crippen LogP contribution in [0.15, 0.2) is 23.8 Å². The van der Waals surface area contributed by atoms with Crippen LogP contribution in [0.1, 0.15) is 12.8 Å². The van der Waals surface area contributed by atoms with Gasteiger partial charge in [-0.1, -0.05) is 18.2 Å². The van der Waals surface area contributed by atoms with E-state index >= 15 is 0 Å². The van der Waals surface area contributed by atoms with Gasteiger partial charge in [-0.15, -0.1) is 0 Å². The second kappa shape index (κ2) is 3.96. The van der Waals surface area contributed by atoms with Crippen molar-refractivity contribution in [1.29, 1.82) is 0 Å². The van der Waals surface area contributed by atoms with Crippen LogP contribution in [0.5, 0.6) is 0 Å². The molecule has 0 aromatic carbocycles. The van der Waals surface area contributed by atoms with E-state index in [4.69, 9.17) is 0 Å². The van der Waals surface area contributed by atoms with Crippen LogP contribution in [0.25, 0.3) is 0 Å². The van der Waals surface area contributed by atoms with Crippen molar-refractivity contribution in [3.05, 3.63) is 23.8 Å². The molecule has 0 atom stereocenters. The molecule has 0 bridgehead atoms. The highest BCUT2D eigenvalue weighted by atomic mass is 16.1. The summed E-state index contributed by atoms with van der Waals surface area (Å²) in [7, 11) is 1.79. The van der Waals surface area contributed by atoms with Crippen molar-refractivity contribution in [2.45, 2.75) is 12.8 Å². The molecule has 1 aliphatic carbocycles. The number of carbonyl (C=O) groups is 1. The fourth-order valence-corrected chi connectivity index (χ4v) is 1.11. The maximum absolute atomic E-state index is 10.3. The predicted octanol–water partition coefficient (Wildman–Crippen LogP) is 1.35. The van der Waals surface area contributed by atoms with Crippen LogP contribution in [0, 0.1) is 0 Å². The van der Waals surface area contributed by atoms with Crippen molar-refractivity contribution in [2.75, 3.05) is 13.6 Å². The standard InChI is InChI=1S/C9H13NO/c1-10(8-11)7-9-5-3-2-4-6-9/h3,5-6,8H,2,4,7H2,1H3. The van der Waals surface area contributed by atoms with Gasteiger partial charge in [0.15, 0.2) is 0 Å². The summed E-state index contributed by atoms with van der Waals surface area (Å²) in [6, 6.07) is 0. The van der Waals surface area contributed by atoms with Crippen molar-refractivity contribution < 1.29 is 4.79 Å². The third-order valence-corrected chi connectivity index (χ3v) is 1.68. The van der Waals surface area contributed by atoms with E-state index in [1.807, 2.05) is 0 Å². The molecule has 0 spiro atoms. The topological polar surface area (TPSA) is 20.3 Å². The second-order valence-electron chi connectivity index (χ2n) is 2.78. The lowest BCUT2D eigenvalue weighted by Gasteiger charge is -2.12. The minimum Gasteiger partial charge on any atom is -0.344 e. The lowest BCUT2D eigenvalue weighted by atomic mass is 10.1. The summed E-state index contributed by atoms with van der Waals surface area (Å²) < 4.78 is 0. The fraction of sp³-hybridized carbons (Fsp3) is 0.444. The molecule has 2 heteroatoms. The van der Waals surface area contributed by atoms with Crippen LogP contribution in [-0.4, -0.2) is 24.9 Å². The van der Waals surface area contributed by atoms with E-state index < -0.39 is 0 Å². The van der Waals surface area contributed by atoms with E-state index in [2.05, 4.69) is 18.2 Å². The van der Waals surface area contributed by atoms with E-state index in [0.717, 1.165) is 25.8 Å². The SMILES string of the molecule is CN(C=O)CC1=CCCC=C1. The highest BCUT2D eigenvalue weighted by Gasteiger charge is 1.99. The first-order valence-electron chi connectivity index (χ1n) is 3.84. The summed E-state index contributed by atoms with van der Waals surface area (Å²) in [6.45, 7) is 0.736. The van der Waals surface area contributed by atoms with Gasteiger partial charge in [0.1, 0.15) is 0 Å². The lowest BCUT2D eigenvalue weighted by molar-refractivity contribution is -0.116. The molecule has 0 aliphatic heterocycles. The minimum absolute atomic E-state index is 0.736. The molecule has 0 unspecified atom stereocenters. The molecule has 2 nitrogen and oxygen atoms in total. The maximum Gasteiger partial charge on any atom is 0.209 e. The van der Waals surface area contributed by atoms with Gasteiger partial charge in [0.25, 0.3) is 0 Å². The van der Waals surface area contributed by atoms with Gasteiger partial charge in [-0.05, 0) is 18.4 Å².